The monoisotopic (exact) mass is 738 g/mol. The van der Waals surface area contributed by atoms with Crippen LogP contribution >= 0.6 is 0 Å². The number of anilines is 8. The van der Waals surface area contributed by atoms with Crippen molar-refractivity contribution in [2.24, 2.45) is 0 Å². The lowest BCUT2D eigenvalue weighted by Gasteiger charge is -2.34. The fraction of sp³-hybridized carbons (Fsp3) is 0. The van der Waals surface area contributed by atoms with Gasteiger partial charge in [-0.1, -0.05) is 6.07 Å². The highest BCUT2D eigenvalue weighted by Crippen LogP contribution is 2.57. The second kappa shape index (κ2) is 12.6. The Hall–Kier alpha value is -7.60. The summed E-state index contributed by atoms with van der Waals surface area (Å²) < 4.78 is 120. The Kier molecular flexibility index (Phi) is 7.80. The first-order valence-electron chi connectivity index (χ1n) is 15.2. The molecular weight excluding hydrogens is 724 g/mol. The molecule has 0 radical (unpaired) electrons. The Morgan fingerprint density at radius 2 is 0.759 bits per heavy atom. The lowest BCUT2D eigenvalue weighted by Crippen LogP contribution is -2.34. The topological polar surface area (TPSA) is 92.7 Å². The largest absolute Gasteiger partial charge is 0.292 e. The number of pyridine rings is 4. The summed E-state index contributed by atoms with van der Waals surface area (Å²) in [6.45, 7) is 7.67. The Balaban J connectivity index is 1.61. The van der Waals surface area contributed by atoms with Gasteiger partial charge in [0.05, 0.1) is 63.7 Å². The van der Waals surface area contributed by atoms with Gasteiger partial charge in [-0.05, 0) is 30.3 Å². The van der Waals surface area contributed by atoms with Crippen molar-refractivity contribution in [2.75, 3.05) is 19.6 Å². The molecule has 18 heteroatoms. The number of hydrogen-bond donors (Lipinski definition) is 0. The second-order valence-corrected chi connectivity index (χ2v) is 11.5. The highest BCUT2D eigenvalue weighted by atomic mass is 19.2. The van der Waals surface area contributed by atoms with Crippen LogP contribution in [0.3, 0.4) is 0 Å². The Morgan fingerprint density at radius 1 is 0.444 bits per heavy atom. The second-order valence-electron chi connectivity index (χ2n) is 11.5. The zero-order valence-corrected chi connectivity index (χ0v) is 26.6. The van der Waals surface area contributed by atoms with Crippen LogP contribution < -0.4 is 19.6 Å². The van der Waals surface area contributed by atoms with Crippen molar-refractivity contribution in [3.63, 3.8) is 0 Å². The summed E-state index contributed by atoms with van der Waals surface area (Å²) >= 11 is 0. The van der Waals surface area contributed by atoms with E-state index in [1.807, 2.05) is 6.07 Å². The zero-order valence-electron chi connectivity index (χ0n) is 26.6. The molecule has 264 valence electrons. The summed E-state index contributed by atoms with van der Waals surface area (Å²) in [5.41, 5.74) is -1.31. The van der Waals surface area contributed by atoms with Gasteiger partial charge in [0.2, 0.25) is 47.6 Å². The minimum atomic E-state index is -1.33. The third kappa shape index (κ3) is 5.58. The molecule has 0 saturated heterocycles. The van der Waals surface area contributed by atoms with Crippen LogP contribution in [0.1, 0.15) is 5.56 Å². The summed E-state index contributed by atoms with van der Waals surface area (Å²) in [5.74, 6) is -11.2. The lowest BCUT2D eigenvalue weighted by molar-refractivity contribution is 0.511. The molecule has 0 N–H and O–H groups in total. The van der Waals surface area contributed by atoms with Crippen LogP contribution in [0, 0.1) is 65.5 Å². The van der Waals surface area contributed by atoms with E-state index in [-0.39, 0.29) is 68.4 Å². The maximum Gasteiger partial charge on any atom is 0.217 e. The van der Waals surface area contributed by atoms with E-state index in [1.165, 1.54) is 46.2 Å². The number of rotatable bonds is 4. The summed E-state index contributed by atoms with van der Waals surface area (Å²) in [6, 6.07) is 16.3. The Bertz CT molecular complexity index is 2430. The standard InChI is InChI=1S/C36H14F8N10/c1-46-18-3-5-24-26(7-18)54(22-14-33(43)50-34(44)15-22)36(52(24)20-10-29(39)48-30(40)11-20)35-51(19-8-27(37)47-28(38)9-19)23-4-2-17(16-45)6-25(23)53(35)21-12-31(41)49-32(42)13-21/h2-15H/b36-35+. The average molecular weight is 739 g/mol. The van der Waals surface area contributed by atoms with Gasteiger partial charge in [0.1, 0.15) is 0 Å². The predicted octanol–water partition coefficient (Wildman–Crippen LogP) is 9.21. The SMILES string of the molecule is [C-]#[N+]c1ccc2c(c1)N(c1cc(F)nc(F)c1)/C(=C1\N(c3cc(F)nc(F)c3)c3ccc(C#N)cc3N1c1cc(F)nc(F)c1)N2c1cc(F)nc(F)c1. The van der Waals surface area contributed by atoms with E-state index in [4.69, 9.17) is 6.57 Å². The van der Waals surface area contributed by atoms with Crippen LogP contribution in [0.15, 0.2) is 96.6 Å². The van der Waals surface area contributed by atoms with E-state index in [0.717, 1.165) is 58.3 Å². The van der Waals surface area contributed by atoms with Gasteiger partial charge in [0.25, 0.3) is 0 Å². The van der Waals surface area contributed by atoms with E-state index in [1.54, 1.807) is 0 Å². The number of benzene rings is 2. The van der Waals surface area contributed by atoms with Gasteiger partial charge in [-0.15, -0.1) is 0 Å². The number of hydrogen-bond acceptors (Lipinski definition) is 9. The van der Waals surface area contributed by atoms with Crippen LogP contribution in [-0.2, 0) is 0 Å². The smallest absolute Gasteiger partial charge is 0.217 e. The molecule has 8 rings (SSSR count). The molecule has 2 aliphatic heterocycles. The van der Waals surface area contributed by atoms with Crippen molar-refractivity contribution in [1.29, 1.82) is 5.26 Å². The van der Waals surface area contributed by atoms with E-state index in [9.17, 15) is 40.4 Å². The van der Waals surface area contributed by atoms with Gasteiger partial charge in [-0.2, -0.15) is 60.3 Å². The maximum atomic E-state index is 15.0. The summed E-state index contributed by atoms with van der Waals surface area (Å²) in [7, 11) is 0. The third-order valence-electron chi connectivity index (χ3n) is 8.23. The van der Waals surface area contributed by atoms with Gasteiger partial charge in [-0.25, -0.2) is 4.85 Å². The fourth-order valence-electron chi connectivity index (χ4n) is 6.34. The molecule has 4 aromatic heterocycles. The molecule has 0 atom stereocenters. The van der Waals surface area contributed by atoms with Gasteiger partial charge in [0, 0.05) is 48.5 Å². The van der Waals surface area contributed by atoms with Crippen molar-refractivity contribution in [3.05, 3.63) is 161 Å². The molecule has 0 saturated carbocycles. The summed E-state index contributed by atoms with van der Waals surface area (Å²) in [4.78, 5) is 20.7. The molecule has 0 bridgehead atoms. The third-order valence-corrected chi connectivity index (χ3v) is 8.23. The first-order chi connectivity index (χ1) is 25.9. The van der Waals surface area contributed by atoms with Gasteiger partial charge >= 0.3 is 0 Å². The number of nitriles is 1. The minimum Gasteiger partial charge on any atom is -0.292 e. The molecule has 0 unspecified atom stereocenters. The van der Waals surface area contributed by atoms with Crippen molar-refractivity contribution >= 4 is 51.2 Å². The number of nitrogens with zero attached hydrogens (tertiary/aromatic N) is 10. The molecule has 6 aromatic rings. The zero-order chi connectivity index (χ0) is 38.0. The van der Waals surface area contributed by atoms with E-state index < -0.39 is 47.6 Å². The minimum absolute atomic E-state index is 0.00807. The number of aromatic nitrogens is 4. The van der Waals surface area contributed by atoms with E-state index >= 15 is 0 Å². The average Bonchev–Trinajstić information content (AvgIpc) is 3.62. The van der Waals surface area contributed by atoms with Crippen LogP contribution in [0.5, 0.6) is 0 Å². The quantitative estimate of drug-likeness (QED) is 0.0998. The Labute approximate surface area is 298 Å². The normalized spacial score (nSPS) is 14.6. The van der Waals surface area contributed by atoms with Crippen molar-refractivity contribution < 1.29 is 35.1 Å². The van der Waals surface area contributed by atoms with Crippen LogP contribution in [0.4, 0.5) is 86.3 Å². The van der Waals surface area contributed by atoms with E-state index in [2.05, 4.69) is 24.8 Å². The van der Waals surface area contributed by atoms with Crippen molar-refractivity contribution in [3.8, 4) is 6.07 Å². The Morgan fingerprint density at radius 3 is 1.09 bits per heavy atom. The van der Waals surface area contributed by atoms with Gasteiger partial charge < -0.3 is 0 Å². The lowest BCUT2D eigenvalue weighted by atomic mass is 10.1. The molecular formula is C36H14F8N10. The van der Waals surface area contributed by atoms with Gasteiger partial charge in [0.15, 0.2) is 17.3 Å². The molecule has 54 heavy (non-hydrogen) atoms. The van der Waals surface area contributed by atoms with Crippen LogP contribution in [-0.4, -0.2) is 19.9 Å². The highest BCUT2D eigenvalue weighted by Gasteiger charge is 2.45. The molecule has 0 spiro atoms. The van der Waals surface area contributed by atoms with Crippen LogP contribution in [0.25, 0.3) is 4.85 Å². The molecule has 10 nitrogen and oxygen atoms in total. The van der Waals surface area contributed by atoms with Crippen molar-refractivity contribution in [2.45, 2.75) is 0 Å². The highest BCUT2D eigenvalue weighted by molar-refractivity contribution is 6.00. The van der Waals surface area contributed by atoms with E-state index in [0.29, 0.717) is 0 Å². The number of halogens is 8. The molecule has 0 aliphatic carbocycles. The molecule has 6 heterocycles. The summed E-state index contributed by atoms with van der Waals surface area (Å²) in [6.07, 6.45) is 0. The maximum absolute atomic E-state index is 15.0. The van der Waals surface area contributed by atoms with Gasteiger partial charge in [-0.3, -0.25) is 19.6 Å². The predicted molar refractivity (Wildman–Crippen MR) is 176 cm³/mol. The first-order valence-corrected chi connectivity index (χ1v) is 15.2. The first kappa shape index (κ1) is 33.5. The summed E-state index contributed by atoms with van der Waals surface area (Å²) in [5, 5.41) is 9.87. The number of fused-ring (bicyclic) bond motifs is 2. The van der Waals surface area contributed by atoms with Crippen LogP contribution in [0.2, 0.25) is 0 Å². The fourth-order valence-corrected chi connectivity index (χ4v) is 6.34. The van der Waals surface area contributed by atoms with Crippen molar-refractivity contribution in [1.82, 2.24) is 19.9 Å². The molecule has 2 aromatic carbocycles. The molecule has 0 amide bonds. The molecule has 2 aliphatic rings. The molecule has 0 fully saturated rings.